The second-order valence-electron chi connectivity index (χ2n) is 8.52. The number of piperidine rings is 1. The highest BCUT2D eigenvalue weighted by atomic mass is 19.1. The number of nitrogens with one attached hydrogen (secondary N) is 1. The number of pyridine rings is 1. The Hall–Kier alpha value is -3.35. The number of fused-ring (bicyclic) bond motifs is 1. The lowest BCUT2D eigenvalue weighted by molar-refractivity contribution is -0.132. The molecule has 0 atom stereocenters. The third kappa shape index (κ3) is 5.18. The normalized spacial score (nSPS) is 15.2. The third-order valence-corrected chi connectivity index (χ3v) is 6.43. The zero-order valence-corrected chi connectivity index (χ0v) is 18.7. The van der Waals surface area contributed by atoms with E-state index in [2.05, 4.69) is 21.8 Å². The first-order chi connectivity index (χ1) is 16.0. The van der Waals surface area contributed by atoms with Crippen molar-refractivity contribution in [3.63, 3.8) is 0 Å². The van der Waals surface area contributed by atoms with Crippen molar-refractivity contribution in [2.24, 2.45) is 5.92 Å². The lowest BCUT2D eigenvalue weighted by Gasteiger charge is -2.32. The molecule has 3 heterocycles. The Labute approximate surface area is 192 Å². The number of likely N-dealkylation sites (tertiary alicyclic amines) is 1. The molecule has 0 aliphatic carbocycles. The van der Waals surface area contributed by atoms with Crippen molar-refractivity contribution in [1.82, 2.24) is 14.5 Å². The van der Waals surface area contributed by atoms with Crippen LogP contribution in [0.25, 0.3) is 16.6 Å². The van der Waals surface area contributed by atoms with Crippen molar-refractivity contribution in [2.75, 3.05) is 13.1 Å². The highest BCUT2D eigenvalue weighted by molar-refractivity contribution is 6.07. The lowest BCUT2D eigenvalue weighted by Crippen LogP contribution is -2.39. The van der Waals surface area contributed by atoms with Crippen molar-refractivity contribution in [3.8, 4) is 0 Å². The molecule has 4 rings (SSSR count). The van der Waals surface area contributed by atoms with Gasteiger partial charge in [-0.05, 0) is 61.9 Å². The van der Waals surface area contributed by atoms with Gasteiger partial charge in [0, 0.05) is 50.1 Å². The Morgan fingerprint density at radius 2 is 1.97 bits per heavy atom. The van der Waals surface area contributed by atoms with Gasteiger partial charge in [0.25, 0.3) is 0 Å². The molecule has 33 heavy (non-hydrogen) atoms. The van der Waals surface area contributed by atoms with Crippen molar-refractivity contribution in [2.45, 2.75) is 39.2 Å². The second-order valence-corrected chi connectivity index (χ2v) is 8.52. The fourth-order valence-corrected chi connectivity index (χ4v) is 4.47. The summed E-state index contributed by atoms with van der Waals surface area (Å²) in [6, 6.07) is 9.50. The molecule has 0 saturated carbocycles. The number of carbonyl (C=O) groups is 1. The van der Waals surface area contributed by atoms with Gasteiger partial charge in [-0.1, -0.05) is 12.1 Å². The molecule has 0 bridgehead atoms. The molecule has 5 nitrogen and oxygen atoms in total. The van der Waals surface area contributed by atoms with Crippen LogP contribution in [0, 0.1) is 23.0 Å². The van der Waals surface area contributed by atoms with Crippen LogP contribution in [0.4, 0.5) is 8.78 Å². The van der Waals surface area contributed by atoms with Crippen LogP contribution in [-0.2, 0) is 17.8 Å². The number of carbonyl (C=O) groups excluding carboxylic acids is 1. The smallest absolute Gasteiger partial charge is 0.222 e. The summed E-state index contributed by atoms with van der Waals surface area (Å²) >= 11 is 0. The maximum Gasteiger partial charge on any atom is 0.222 e. The summed E-state index contributed by atoms with van der Waals surface area (Å²) in [7, 11) is 0. The number of nitrogens with zero attached hydrogens (tertiary/aromatic N) is 3. The summed E-state index contributed by atoms with van der Waals surface area (Å²) in [6.45, 7) is 4.16. The minimum Gasteiger partial charge on any atom is -0.346 e. The monoisotopic (exact) mass is 450 g/mol. The van der Waals surface area contributed by atoms with E-state index >= 15 is 0 Å². The van der Waals surface area contributed by atoms with Crippen LogP contribution in [0.15, 0.2) is 48.7 Å². The maximum atomic E-state index is 13.8. The van der Waals surface area contributed by atoms with E-state index < -0.39 is 11.6 Å². The summed E-state index contributed by atoms with van der Waals surface area (Å²) < 4.78 is 29.1. The molecule has 1 fully saturated rings. The van der Waals surface area contributed by atoms with Crippen LogP contribution < -0.4 is 0 Å². The van der Waals surface area contributed by atoms with Gasteiger partial charge in [-0.3, -0.25) is 4.79 Å². The number of halogens is 2. The van der Waals surface area contributed by atoms with Crippen molar-refractivity contribution in [3.05, 3.63) is 71.6 Å². The molecule has 0 radical (unpaired) electrons. The molecule has 1 aliphatic rings. The van der Waals surface area contributed by atoms with E-state index in [4.69, 9.17) is 5.41 Å². The molecular weight excluding hydrogens is 422 g/mol. The lowest BCUT2D eigenvalue weighted by atomic mass is 9.96. The Bertz CT molecular complexity index is 1190. The number of amides is 1. The minimum absolute atomic E-state index is 0.0197. The van der Waals surface area contributed by atoms with Gasteiger partial charge >= 0.3 is 0 Å². The van der Waals surface area contributed by atoms with Gasteiger partial charge in [0.2, 0.25) is 5.91 Å². The summed E-state index contributed by atoms with van der Waals surface area (Å²) in [4.78, 5) is 19.1. The van der Waals surface area contributed by atoms with E-state index in [1.54, 1.807) is 0 Å². The Morgan fingerprint density at radius 1 is 1.18 bits per heavy atom. The summed E-state index contributed by atoms with van der Waals surface area (Å²) in [5, 5.41) is 7.52. The Balaban J connectivity index is 1.31. The molecule has 172 valence electrons. The van der Waals surface area contributed by atoms with E-state index in [0.717, 1.165) is 47.8 Å². The maximum absolute atomic E-state index is 13.8. The summed E-state index contributed by atoms with van der Waals surface area (Å²) in [6.07, 6.45) is 7.59. The van der Waals surface area contributed by atoms with E-state index in [0.29, 0.717) is 24.6 Å². The molecule has 0 spiro atoms. The zero-order valence-electron chi connectivity index (χ0n) is 18.7. The van der Waals surface area contributed by atoms with Crippen LogP contribution in [0.2, 0.25) is 0 Å². The average molecular weight is 451 g/mol. The Morgan fingerprint density at radius 3 is 2.67 bits per heavy atom. The predicted octanol–water partition coefficient (Wildman–Crippen LogP) is 5.24. The molecule has 1 aliphatic heterocycles. The van der Waals surface area contributed by atoms with Gasteiger partial charge in [0.1, 0.15) is 11.6 Å². The van der Waals surface area contributed by atoms with Gasteiger partial charge in [-0.2, -0.15) is 0 Å². The van der Waals surface area contributed by atoms with Crippen molar-refractivity contribution >= 4 is 28.7 Å². The highest BCUT2D eigenvalue weighted by Gasteiger charge is 2.23. The molecule has 0 unspecified atom stereocenters. The summed E-state index contributed by atoms with van der Waals surface area (Å²) in [5.74, 6) is -0.718. The van der Waals surface area contributed by atoms with Gasteiger partial charge in [0.05, 0.1) is 16.7 Å². The van der Waals surface area contributed by atoms with E-state index in [1.807, 2.05) is 30.0 Å². The Kier molecular flexibility index (Phi) is 6.96. The van der Waals surface area contributed by atoms with Crippen molar-refractivity contribution in [1.29, 1.82) is 5.41 Å². The standard InChI is InChI=1S/C26H28F2N4O/c1-2-19(16-29)23-6-7-25-24(30-23)11-14-32(25)17-18-9-12-31(13-10-18)26(33)8-4-20-3-5-21(27)15-22(20)28/h2-3,5-7,11,14-16,18,29H,4,8-10,12-13,17H2,1H3/b19-2+,29-16?. The van der Waals surface area contributed by atoms with Crippen LogP contribution >= 0.6 is 0 Å². The van der Waals surface area contributed by atoms with Crippen molar-refractivity contribution < 1.29 is 13.6 Å². The topological polar surface area (TPSA) is 62.0 Å². The number of hydrogen-bond donors (Lipinski definition) is 1. The first-order valence-corrected chi connectivity index (χ1v) is 11.3. The number of aromatic nitrogens is 2. The molecular formula is C26H28F2N4O. The van der Waals surface area contributed by atoms with Crippen LogP contribution in [-0.4, -0.2) is 39.7 Å². The molecule has 7 heteroatoms. The first kappa shape index (κ1) is 22.8. The third-order valence-electron chi connectivity index (χ3n) is 6.43. The van der Waals surface area contributed by atoms with Gasteiger partial charge < -0.3 is 14.9 Å². The quantitative estimate of drug-likeness (QED) is 0.501. The molecule has 1 N–H and O–H groups in total. The van der Waals surface area contributed by atoms with Gasteiger partial charge in [0.15, 0.2) is 0 Å². The molecule has 3 aromatic rings. The number of rotatable bonds is 7. The van der Waals surface area contributed by atoms with Crippen LogP contribution in [0.3, 0.4) is 0 Å². The number of hydrogen-bond acceptors (Lipinski definition) is 3. The van der Waals surface area contributed by atoms with E-state index in [1.165, 1.54) is 18.3 Å². The number of benzene rings is 1. The van der Waals surface area contributed by atoms with Crippen LogP contribution in [0.5, 0.6) is 0 Å². The fraction of sp³-hybridized carbons (Fsp3) is 0.346. The average Bonchev–Trinajstić information content (AvgIpc) is 3.21. The van der Waals surface area contributed by atoms with E-state index in [-0.39, 0.29) is 18.7 Å². The van der Waals surface area contributed by atoms with Crippen LogP contribution in [0.1, 0.15) is 37.4 Å². The number of allylic oxidation sites excluding steroid dienone is 2. The molecule has 1 amide bonds. The fourth-order valence-electron chi connectivity index (χ4n) is 4.47. The molecule has 2 aromatic heterocycles. The SMILES string of the molecule is C/C=C(\C=N)c1ccc2c(ccn2CC2CCN(C(=O)CCc3ccc(F)cc3F)CC2)n1. The molecule has 1 aromatic carbocycles. The highest BCUT2D eigenvalue weighted by Crippen LogP contribution is 2.24. The largest absolute Gasteiger partial charge is 0.346 e. The number of aryl methyl sites for hydroxylation is 1. The second kappa shape index (κ2) is 10.1. The minimum atomic E-state index is -0.606. The van der Waals surface area contributed by atoms with Gasteiger partial charge in [-0.15, -0.1) is 0 Å². The predicted molar refractivity (Wildman–Crippen MR) is 126 cm³/mol. The zero-order chi connectivity index (χ0) is 23.4. The summed E-state index contributed by atoms with van der Waals surface area (Å²) in [5.41, 5.74) is 3.94. The first-order valence-electron chi connectivity index (χ1n) is 11.3. The van der Waals surface area contributed by atoms with Gasteiger partial charge in [-0.25, -0.2) is 13.8 Å². The van der Waals surface area contributed by atoms with E-state index in [9.17, 15) is 13.6 Å². The molecule has 1 saturated heterocycles.